The fourth-order valence-electron chi connectivity index (χ4n) is 4.57. The largest absolute Gasteiger partial charge is 0.473 e. The van der Waals surface area contributed by atoms with E-state index in [1.807, 2.05) is 41.1 Å². The van der Waals surface area contributed by atoms with E-state index in [-0.39, 0.29) is 6.10 Å². The molecule has 9 nitrogen and oxygen atoms in total. The predicted molar refractivity (Wildman–Crippen MR) is 134 cm³/mol. The second-order valence-corrected chi connectivity index (χ2v) is 9.36. The Morgan fingerprint density at radius 3 is 2.89 bits per heavy atom. The molecule has 0 spiro atoms. The molecule has 0 aliphatic carbocycles. The van der Waals surface area contributed by atoms with E-state index in [2.05, 4.69) is 26.3 Å². The van der Waals surface area contributed by atoms with Crippen LogP contribution in [0.25, 0.3) is 5.65 Å². The molecule has 2 atom stereocenters. The molecule has 0 saturated carbocycles. The van der Waals surface area contributed by atoms with Crippen LogP contribution >= 0.6 is 0 Å². The van der Waals surface area contributed by atoms with Crippen LogP contribution in [0.1, 0.15) is 43.4 Å². The van der Waals surface area contributed by atoms with Gasteiger partial charge in [0.15, 0.2) is 0 Å². The van der Waals surface area contributed by atoms with E-state index in [0.29, 0.717) is 31.5 Å². The quantitative estimate of drug-likeness (QED) is 0.277. The van der Waals surface area contributed by atoms with Crippen molar-refractivity contribution in [2.45, 2.75) is 51.0 Å². The molecule has 3 aromatic rings. The van der Waals surface area contributed by atoms with Gasteiger partial charge in [-0.25, -0.2) is 9.97 Å². The highest BCUT2D eigenvalue weighted by molar-refractivity contribution is 5.84. The number of likely N-dealkylation sites (tertiary alicyclic amines) is 1. The summed E-state index contributed by atoms with van der Waals surface area (Å²) in [5.74, 6) is 1.89. The Bertz CT molecular complexity index is 1130. The van der Waals surface area contributed by atoms with E-state index in [9.17, 15) is 5.11 Å². The minimum atomic E-state index is -0.623. The first-order valence-electron chi connectivity index (χ1n) is 12.5. The number of amidine groups is 1. The van der Waals surface area contributed by atoms with Gasteiger partial charge in [-0.2, -0.15) is 0 Å². The smallest absolute Gasteiger partial charge is 0.213 e. The van der Waals surface area contributed by atoms with E-state index in [1.54, 1.807) is 13.1 Å². The van der Waals surface area contributed by atoms with Gasteiger partial charge in [-0.1, -0.05) is 12.1 Å². The fraction of sp³-hybridized carbons (Fsp3) is 0.500. The van der Waals surface area contributed by atoms with E-state index in [1.165, 1.54) is 0 Å². The molecule has 0 aromatic carbocycles. The van der Waals surface area contributed by atoms with Crippen molar-refractivity contribution in [1.82, 2.24) is 24.6 Å². The molecule has 2 N–H and O–H groups in total. The van der Waals surface area contributed by atoms with Gasteiger partial charge in [0, 0.05) is 48.4 Å². The topological polar surface area (TPSA) is 96.5 Å². The molecule has 2 aliphatic rings. The first-order valence-corrected chi connectivity index (χ1v) is 12.5. The highest BCUT2D eigenvalue weighted by atomic mass is 16.5. The van der Waals surface area contributed by atoms with Crippen molar-refractivity contribution in [1.29, 1.82) is 0 Å². The average molecular weight is 479 g/mol. The van der Waals surface area contributed by atoms with Crippen molar-refractivity contribution in [3.05, 3.63) is 60.2 Å². The van der Waals surface area contributed by atoms with E-state index < -0.39 is 6.23 Å². The summed E-state index contributed by atoms with van der Waals surface area (Å²) in [5, 5.41) is 12.9. The SMILES string of the molecule is CC(O)NC(CN1CCC(c2cccc(OCc3ccc4nccn4c3)n2)CC1)=NC[C@@H]1CCO1. The van der Waals surface area contributed by atoms with E-state index in [0.717, 1.165) is 61.7 Å². The fourth-order valence-corrected chi connectivity index (χ4v) is 4.57. The molecule has 0 amide bonds. The number of aliphatic hydroxyl groups is 1. The summed E-state index contributed by atoms with van der Waals surface area (Å²) in [6, 6.07) is 10.1. The third-order valence-electron chi connectivity index (χ3n) is 6.62. The highest BCUT2D eigenvalue weighted by Crippen LogP contribution is 2.28. The van der Waals surface area contributed by atoms with Crippen LogP contribution in [0, 0.1) is 0 Å². The lowest BCUT2D eigenvalue weighted by atomic mass is 9.93. The Morgan fingerprint density at radius 2 is 2.11 bits per heavy atom. The lowest BCUT2D eigenvalue weighted by Crippen LogP contribution is -2.44. The maximum atomic E-state index is 9.79. The van der Waals surface area contributed by atoms with Gasteiger partial charge >= 0.3 is 0 Å². The standard InChI is InChI=1S/C26H34N6O3/c1-19(33)29-24(28-15-22-9-14-34-22)17-31-11-7-21(8-12-31)23-3-2-4-26(30-23)35-18-20-5-6-25-27-10-13-32(25)16-20/h2-6,10,13,16,19,21-22,33H,7-9,11-12,14-15,17-18H2,1H3,(H,28,29)/t19?,22-/m0/s1. The molecule has 2 fully saturated rings. The molecule has 5 heterocycles. The number of aliphatic imine (C=N–C) groups is 1. The molecule has 3 aromatic heterocycles. The van der Waals surface area contributed by atoms with Crippen molar-refractivity contribution in [2.24, 2.45) is 4.99 Å². The molecule has 2 aliphatic heterocycles. The molecule has 5 rings (SSSR count). The van der Waals surface area contributed by atoms with Gasteiger partial charge < -0.3 is 24.3 Å². The number of ether oxygens (including phenoxy) is 2. The molecule has 0 radical (unpaired) electrons. The van der Waals surface area contributed by atoms with Gasteiger partial charge in [0.1, 0.15) is 24.3 Å². The number of piperidine rings is 1. The summed E-state index contributed by atoms with van der Waals surface area (Å²) in [4.78, 5) is 16.1. The van der Waals surface area contributed by atoms with Crippen molar-refractivity contribution < 1.29 is 14.6 Å². The normalized spacial score (nSPS) is 20.5. The van der Waals surface area contributed by atoms with Gasteiger partial charge in [0.05, 0.1) is 19.2 Å². The van der Waals surface area contributed by atoms with Gasteiger partial charge in [0.25, 0.3) is 0 Å². The van der Waals surface area contributed by atoms with Crippen molar-refractivity contribution in [3.8, 4) is 5.88 Å². The van der Waals surface area contributed by atoms with Gasteiger partial charge in [-0.05, 0) is 51.4 Å². The molecular formula is C26H34N6O3. The molecular weight excluding hydrogens is 444 g/mol. The summed E-state index contributed by atoms with van der Waals surface area (Å²) < 4.78 is 13.5. The Kier molecular flexibility index (Phi) is 7.56. The van der Waals surface area contributed by atoms with Crippen molar-refractivity contribution in [3.63, 3.8) is 0 Å². The summed E-state index contributed by atoms with van der Waals surface area (Å²) in [5.41, 5.74) is 3.08. The summed E-state index contributed by atoms with van der Waals surface area (Å²) in [6.45, 7) is 6.30. The third-order valence-corrected chi connectivity index (χ3v) is 6.62. The molecule has 0 bridgehead atoms. The predicted octanol–water partition coefficient (Wildman–Crippen LogP) is 2.60. The van der Waals surface area contributed by atoms with Crippen LogP contribution in [0.3, 0.4) is 0 Å². The zero-order chi connectivity index (χ0) is 24.0. The van der Waals surface area contributed by atoms with Crippen LogP contribution in [0.5, 0.6) is 5.88 Å². The lowest BCUT2D eigenvalue weighted by molar-refractivity contribution is -0.0433. The van der Waals surface area contributed by atoms with Crippen molar-refractivity contribution >= 4 is 11.5 Å². The molecule has 186 valence electrons. The monoisotopic (exact) mass is 478 g/mol. The Labute approximate surface area is 205 Å². The molecule has 2 saturated heterocycles. The zero-order valence-corrected chi connectivity index (χ0v) is 20.2. The number of rotatable bonds is 9. The summed E-state index contributed by atoms with van der Waals surface area (Å²) in [6.07, 6.45) is 8.48. The number of nitrogens with zero attached hydrogens (tertiary/aromatic N) is 5. The van der Waals surface area contributed by atoms with Gasteiger partial charge in [-0.3, -0.25) is 9.89 Å². The highest BCUT2D eigenvalue weighted by Gasteiger charge is 2.24. The number of aliphatic hydroxyl groups excluding tert-OH is 1. The number of pyridine rings is 2. The minimum absolute atomic E-state index is 0.223. The second-order valence-electron chi connectivity index (χ2n) is 9.36. The summed E-state index contributed by atoms with van der Waals surface area (Å²) in [7, 11) is 0. The lowest BCUT2D eigenvalue weighted by Gasteiger charge is -2.32. The third kappa shape index (κ3) is 6.36. The number of fused-ring (bicyclic) bond motifs is 1. The first kappa shape index (κ1) is 23.7. The number of nitrogens with one attached hydrogen (secondary N) is 1. The number of hydrogen-bond acceptors (Lipinski definition) is 7. The van der Waals surface area contributed by atoms with E-state index >= 15 is 0 Å². The van der Waals surface area contributed by atoms with Gasteiger partial charge in [0.2, 0.25) is 5.88 Å². The Balaban J connectivity index is 1.13. The van der Waals surface area contributed by atoms with Crippen LogP contribution in [0.4, 0.5) is 0 Å². The van der Waals surface area contributed by atoms with Crippen LogP contribution in [-0.2, 0) is 11.3 Å². The maximum absolute atomic E-state index is 9.79. The molecule has 35 heavy (non-hydrogen) atoms. The number of imidazole rings is 1. The van der Waals surface area contributed by atoms with Crippen LogP contribution in [-0.4, -0.2) is 75.3 Å². The summed E-state index contributed by atoms with van der Waals surface area (Å²) >= 11 is 0. The number of hydrogen-bond donors (Lipinski definition) is 2. The van der Waals surface area contributed by atoms with Crippen LogP contribution in [0.15, 0.2) is 53.9 Å². The Hall–Kier alpha value is -3.01. The molecule has 1 unspecified atom stereocenters. The van der Waals surface area contributed by atoms with Crippen LogP contribution < -0.4 is 10.1 Å². The maximum Gasteiger partial charge on any atom is 0.213 e. The van der Waals surface area contributed by atoms with Gasteiger partial charge in [-0.15, -0.1) is 0 Å². The number of aromatic nitrogens is 3. The Morgan fingerprint density at radius 1 is 1.26 bits per heavy atom. The average Bonchev–Trinajstić information content (AvgIpc) is 3.30. The molecule has 9 heteroatoms. The van der Waals surface area contributed by atoms with Crippen LogP contribution in [0.2, 0.25) is 0 Å². The first-order chi connectivity index (χ1) is 17.1. The minimum Gasteiger partial charge on any atom is -0.473 e. The van der Waals surface area contributed by atoms with E-state index in [4.69, 9.17) is 14.5 Å². The zero-order valence-electron chi connectivity index (χ0n) is 20.2. The van der Waals surface area contributed by atoms with Crippen molar-refractivity contribution in [2.75, 3.05) is 32.8 Å². The second kappa shape index (κ2) is 11.2.